The second-order valence-electron chi connectivity index (χ2n) is 8.85. The zero-order valence-electron chi connectivity index (χ0n) is 18.6. The molecule has 0 amide bonds. The Bertz CT molecular complexity index is 1040. The van der Waals surface area contributed by atoms with Gasteiger partial charge in [-0.2, -0.15) is 13.2 Å². The van der Waals surface area contributed by atoms with E-state index in [9.17, 15) is 23.1 Å². The Kier molecular flexibility index (Phi) is 6.65. The van der Waals surface area contributed by atoms with E-state index in [0.717, 1.165) is 29.0 Å². The molecule has 4 nitrogen and oxygen atoms in total. The number of carbonyl (C=O) groups is 1. The molecular weight excluding hydrogens is 439 g/mol. The van der Waals surface area contributed by atoms with Gasteiger partial charge in [-0.15, -0.1) is 11.8 Å². The molecule has 3 rings (SSSR count). The summed E-state index contributed by atoms with van der Waals surface area (Å²) >= 11 is 1.28. The molecule has 2 aromatic rings. The fourth-order valence-corrected chi connectivity index (χ4v) is 4.87. The van der Waals surface area contributed by atoms with Crippen LogP contribution < -0.4 is 0 Å². The van der Waals surface area contributed by atoms with Crippen molar-refractivity contribution in [2.24, 2.45) is 5.41 Å². The first kappa shape index (κ1) is 24.2. The highest BCUT2D eigenvalue weighted by Gasteiger charge is 2.40. The van der Waals surface area contributed by atoms with Crippen molar-refractivity contribution in [1.29, 1.82) is 0 Å². The van der Waals surface area contributed by atoms with Gasteiger partial charge in [0, 0.05) is 23.8 Å². The highest BCUT2D eigenvalue weighted by atomic mass is 32.2. The van der Waals surface area contributed by atoms with Crippen molar-refractivity contribution >= 4 is 23.3 Å². The van der Waals surface area contributed by atoms with Crippen molar-refractivity contribution in [3.05, 3.63) is 64.0 Å². The second kappa shape index (κ2) is 8.81. The quantitative estimate of drug-likeness (QED) is 0.407. The number of hydrogen-bond acceptors (Lipinski definition) is 5. The number of ether oxygens (including phenoxy) is 1. The number of halogens is 3. The summed E-state index contributed by atoms with van der Waals surface area (Å²) < 4.78 is 43.9. The summed E-state index contributed by atoms with van der Waals surface area (Å²) in [6, 6.07) is 6.24. The Labute approximate surface area is 189 Å². The number of aliphatic hydroxyl groups is 1. The highest BCUT2D eigenvalue weighted by molar-refractivity contribution is 7.99. The molecule has 0 fully saturated rings. The summed E-state index contributed by atoms with van der Waals surface area (Å²) in [5.74, 6) is -0.138. The van der Waals surface area contributed by atoms with E-state index < -0.39 is 29.2 Å². The van der Waals surface area contributed by atoms with Crippen LogP contribution in [-0.2, 0) is 15.7 Å². The van der Waals surface area contributed by atoms with Gasteiger partial charge in [0.1, 0.15) is 17.4 Å². The lowest BCUT2D eigenvalue weighted by molar-refractivity contribution is -0.149. The molecule has 2 heterocycles. The van der Waals surface area contributed by atoms with Crippen molar-refractivity contribution in [1.82, 2.24) is 4.98 Å². The Morgan fingerprint density at radius 3 is 2.28 bits per heavy atom. The number of thioether (sulfide) groups is 1. The van der Waals surface area contributed by atoms with Crippen LogP contribution in [0.25, 0.3) is 5.57 Å². The minimum Gasteiger partial charge on any atom is -0.511 e. The van der Waals surface area contributed by atoms with Gasteiger partial charge in [-0.3, -0.25) is 0 Å². The number of aryl methyl sites for hydroxylation is 3. The minimum atomic E-state index is -4.43. The first-order chi connectivity index (χ1) is 14.8. The molecule has 0 saturated carbocycles. The highest BCUT2D eigenvalue weighted by Crippen LogP contribution is 2.40. The summed E-state index contributed by atoms with van der Waals surface area (Å²) in [6.07, 6.45) is -4.03. The molecule has 1 N–H and O–H groups in total. The SMILES string of the molecule is Cc1cc(C)c(C2=C(O)CC(C(C)(C)CSc3ccc(C(F)(F)F)cn3)OC2=O)c(C)c1. The summed E-state index contributed by atoms with van der Waals surface area (Å²) in [6.45, 7) is 9.55. The van der Waals surface area contributed by atoms with E-state index in [1.165, 1.54) is 17.8 Å². The number of hydrogen-bond donors (Lipinski definition) is 1. The lowest BCUT2D eigenvalue weighted by atomic mass is 9.83. The van der Waals surface area contributed by atoms with E-state index in [2.05, 4.69) is 4.98 Å². The normalized spacial score (nSPS) is 17.5. The molecule has 0 radical (unpaired) electrons. The Hall–Kier alpha value is -2.48. The molecule has 1 atom stereocenters. The fraction of sp³-hybridized carbons (Fsp3) is 0.417. The zero-order chi connectivity index (χ0) is 23.8. The number of aromatic nitrogens is 1. The number of nitrogens with zero attached hydrogens (tertiary/aromatic N) is 1. The summed E-state index contributed by atoms with van der Waals surface area (Å²) in [5, 5.41) is 11.2. The van der Waals surface area contributed by atoms with Crippen molar-refractivity contribution < 1.29 is 27.8 Å². The van der Waals surface area contributed by atoms with Gasteiger partial charge in [-0.25, -0.2) is 9.78 Å². The molecule has 0 saturated heterocycles. The number of pyridine rings is 1. The first-order valence-corrected chi connectivity index (χ1v) is 11.2. The molecule has 1 aromatic carbocycles. The number of esters is 1. The molecular formula is C24H26F3NO3S. The van der Waals surface area contributed by atoms with E-state index in [1.54, 1.807) is 0 Å². The third-order valence-electron chi connectivity index (χ3n) is 5.58. The summed E-state index contributed by atoms with van der Waals surface area (Å²) in [7, 11) is 0. The van der Waals surface area contributed by atoms with E-state index in [-0.39, 0.29) is 17.8 Å². The molecule has 172 valence electrons. The summed E-state index contributed by atoms with van der Waals surface area (Å²) in [5.41, 5.74) is 2.39. The molecule has 0 spiro atoms. The molecule has 32 heavy (non-hydrogen) atoms. The van der Waals surface area contributed by atoms with Gasteiger partial charge < -0.3 is 9.84 Å². The topological polar surface area (TPSA) is 59.4 Å². The second-order valence-corrected chi connectivity index (χ2v) is 9.85. The van der Waals surface area contributed by atoms with Crippen LogP contribution in [0.2, 0.25) is 0 Å². The van der Waals surface area contributed by atoms with Crippen LogP contribution in [0.5, 0.6) is 0 Å². The monoisotopic (exact) mass is 465 g/mol. The summed E-state index contributed by atoms with van der Waals surface area (Å²) in [4.78, 5) is 16.8. The smallest absolute Gasteiger partial charge is 0.417 e. The van der Waals surface area contributed by atoms with Crippen molar-refractivity contribution in [2.45, 2.75) is 58.3 Å². The van der Waals surface area contributed by atoms with Crippen molar-refractivity contribution in [3.8, 4) is 0 Å². The van der Waals surface area contributed by atoms with Gasteiger partial charge in [-0.05, 0) is 49.6 Å². The third kappa shape index (κ3) is 5.11. The van der Waals surface area contributed by atoms with E-state index in [4.69, 9.17) is 4.74 Å². The molecule has 1 aliphatic heterocycles. The lowest BCUT2D eigenvalue weighted by Crippen LogP contribution is -2.39. The van der Waals surface area contributed by atoms with Gasteiger partial charge in [-0.1, -0.05) is 31.5 Å². The Morgan fingerprint density at radius 1 is 1.16 bits per heavy atom. The molecule has 0 bridgehead atoms. The van der Waals surface area contributed by atoms with Crippen LogP contribution in [0.15, 0.2) is 41.2 Å². The molecule has 0 aliphatic carbocycles. The van der Waals surface area contributed by atoms with Gasteiger partial charge in [0.15, 0.2) is 0 Å². The standard InChI is InChI=1S/C24H26F3NO3S/c1-13-8-14(2)20(15(3)9-13)21-17(29)10-18(31-22(21)30)23(4,5)12-32-19-7-6-16(11-28-19)24(25,26)27/h6-9,11,18,29H,10,12H2,1-5H3. The minimum absolute atomic E-state index is 0.00738. The largest absolute Gasteiger partial charge is 0.511 e. The number of aliphatic hydroxyl groups excluding tert-OH is 1. The van der Waals surface area contributed by atoms with Gasteiger partial charge in [0.2, 0.25) is 0 Å². The van der Waals surface area contributed by atoms with Gasteiger partial charge >= 0.3 is 12.1 Å². The van der Waals surface area contributed by atoms with Crippen molar-refractivity contribution in [2.75, 3.05) is 5.75 Å². The van der Waals surface area contributed by atoms with Crippen LogP contribution in [0.1, 0.15) is 48.1 Å². The van der Waals surface area contributed by atoms with Crippen molar-refractivity contribution in [3.63, 3.8) is 0 Å². The molecule has 1 aliphatic rings. The number of cyclic esters (lactones) is 1. The maximum atomic E-state index is 12.9. The average molecular weight is 466 g/mol. The Balaban J connectivity index is 1.76. The van der Waals surface area contributed by atoms with Gasteiger partial charge in [0.05, 0.1) is 10.6 Å². The van der Waals surface area contributed by atoms with E-state index in [0.29, 0.717) is 16.3 Å². The Morgan fingerprint density at radius 2 is 1.78 bits per heavy atom. The predicted octanol–water partition coefficient (Wildman–Crippen LogP) is 6.43. The van der Waals surface area contributed by atoms with Crippen LogP contribution in [0, 0.1) is 26.2 Å². The number of rotatable bonds is 5. The maximum Gasteiger partial charge on any atom is 0.417 e. The van der Waals surface area contributed by atoms with E-state index >= 15 is 0 Å². The van der Waals surface area contributed by atoms with Crippen LogP contribution in [0.3, 0.4) is 0 Å². The predicted molar refractivity (Wildman–Crippen MR) is 118 cm³/mol. The van der Waals surface area contributed by atoms with E-state index in [1.807, 2.05) is 46.8 Å². The lowest BCUT2D eigenvalue weighted by Gasteiger charge is -2.36. The van der Waals surface area contributed by atoms with Crippen LogP contribution in [-0.4, -0.2) is 27.9 Å². The molecule has 1 unspecified atom stereocenters. The number of benzene rings is 1. The van der Waals surface area contributed by atoms with Crippen LogP contribution >= 0.6 is 11.8 Å². The number of alkyl halides is 3. The third-order valence-corrected chi connectivity index (χ3v) is 7.00. The average Bonchev–Trinajstić information content (AvgIpc) is 2.67. The van der Waals surface area contributed by atoms with Gasteiger partial charge in [0.25, 0.3) is 0 Å². The maximum absolute atomic E-state index is 12.9. The molecule has 1 aromatic heterocycles. The first-order valence-electron chi connectivity index (χ1n) is 10.2. The van der Waals surface area contributed by atoms with Crippen LogP contribution in [0.4, 0.5) is 13.2 Å². The fourth-order valence-electron chi connectivity index (χ4n) is 3.87. The molecule has 8 heteroatoms. The number of carbonyl (C=O) groups excluding carboxylic acids is 1. The zero-order valence-corrected chi connectivity index (χ0v) is 19.4.